The Hall–Kier alpha value is -1.35. The van der Waals surface area contributed by atoms with Gasteiger partial charge in [-0.2, -0.15) is 0 Å². The number of nitrogens with zero attached hydrogens (tertiary/aromatic N) is 7. The van der Waals surface area contributed by atoms with E-state index in [1.165, 1.54) is 0 Å². The van der Waals surface area contributed by atoms with E-state index < -0.39 is 0 Å². The molecule has 0 aliphatic rings. The Bertz CT molecular complexity index is 146. The molecular formula is C6FeLi3N7O2-. The fourth-order valence-electron chi connectivity index (χ4n) is 0. The fraction of sp³-hybridized carbons (Fsp3) is 0. The summed E-state index contributed by atoms with van der Waals surface area (Å²) in [5.41, 5.74) is 0. The van der Waals surface area contributed by atoms with Gasteiger partial charge in [0, 0.05) is 0 Å². The van der Waals surface area contributed by atoms with Crippen LogP contribution >= 0.6 is 0 Å². The first kappa shape index (κ1) is 111. The van der Waals surface area contributed by atoms with Crippen molar-refractivity contribution in [2.45, 2.75) is 0 Å². The number of rotatable bonds is 0. The summed E-state index contributed by atoms with van der Waals surface area (Å²) in [5.74, 6) is 0. The minimum Gasteiger partial charge on any atom is -0.512 e. The third-order valence-corrected chi connectivity index (χ3v) is 0. The molecule has 0 aliphatic heterocycles. The molecule has 0 heterocycles. The van der Waals surface area contributed by atoms with Crippen LogP contribution in [0.2, 0.25) is 0 Å². The Morgan fingerprint density at radius 2 is 0.579 bits per heavy atom. The molecule has 0 unspecified atom stereocenters. The number of hydrogen-bond acceptors (Lipinski definition) is 9. The van der Waals surface area contributed by atoms with Crippen molar-refractivity contribution in [3.63, 3.8) is 0 Å². The quantitative estimate of drug-likeness (QED) is 0.180. The van der Waals surface area contributed by atoms with Crippen molar-refractivity contribution in [1.82, 2.24) is 0 Å². The minimum atomic E-state index is 0. The Labute approximate surface area is 159 Å². The molecular weight excluding hydrogens is 279 g/mol. The average molecular weight is 279 g/mol. The fourth-order valence-corrected chi connectivity index (χ4v) is 0. The molecule has 0 aliphatic carbocycles. The van der Waals surface area contributed by atoms with Gasteiger partial charge in [0.2, 0.25) is 0 Å². The maximum absolute atomic E-state index is 8.00. The summed E-state index contributed by atoms with van der Waals surface area (Å²) in [7, 11) is 0. The van der Waals surface area contributed by atoms with Gasteiger partial charge in [0.25, 0.3) is 0 Å². The van der Waals surface area contributed by atoms with E-state index in [1.54, 1.807) is 0 Å². The smallest absolute Gasteiger partial charge is 0.512 e. The van der Waals surface area contributed by atoms with Crippen LogP contribution in [0.25, 0.3) is 0 Å². The van der Waals surface area contributed by atoms with E-state index in [0.29, 0.717) is 0 Å². The van der Waals surface area contributed by atoms with E-state index in [9.17, 15) is 0 Å². The van der Waals surface area contributed by atoms with Crippen molar-refractivity contribution >= 4 is 0 Å². The second-order valence-corrected chi connectivity index (χ2v) is 0.0745. The molecule has 0 aromatic carbocycles. The summed E-state index contributed by atoms with van der Waals surface area (Å²) in [6.07, 6.45) is 0. The summed E-state index contributed by atoms with van der Waals surface area (Å²) >= 11 is 0. The monoisotopic (exact) mass is 279 g/mol. The topological polar surface area (TPSA) is 195 Å². The first-order chi connectivity index (χ1) is 7.41. The van der Waals surface area contributed by atoms with E-state index in [1.807, 2.05) is 0 Å². The largest absolute Gasteiger partial charge is 3.00 e. The van der Waals surface area contributed by atoms with Gasteiger partial charge in [0.05, 0.1) is 0 Å². The molecule has 0 rings (SSSR count). The molecule has 0 bridgehead atoms. The van der Waals surface area contributed by atoms with Crippen molar-refractivity contribution in [2.24, 2.45) is 5.34 Å². The van der Waals surface area contributed by atoms with E-state index in [4.69, 9.17) is 81.1 Å². The standard InChI is InChI=1S/6CN.Fe.3Li.HNO2/c6*1-2;;;;;2-1-3/h;;;;;;;;;;(H,2,3)/q6*-1;+3;3*+1;/p-1. The Morgan fingerprint density at radius 1 is 0.579 bits per heavy atom. The van der Waals surface area contributed by atoms with Gasteiger partial charge >= 0.3 is 73.7 Å². The average Bonchev–Trinajstić information content (AvgIpc) is 2.44. The van der Waals surface area contributed by atoms with Gasteiger partial charge in [-0.25, -0.2) is 0 Å². The predicted octanol–water partition coefficient (Wildman–Crippen LogP) is -8.16. The van der Waals surface area contributed by atoms with Crippen LogP contribution in [0, 0.1) is 81.1 Å². The Morgan fingerprint density at radius 3 is 0.579 bits per heavy atom. The van der Waals surface area contributed by atoms with Crippen LogP contribution in [0.5, 0.6) is 0 Å². The summed E-state index contributed by atoms with van der Waals surface area (Å²) in [6.45, 7) is 28.5. The third-order valence-electron chi connectivity index (χ3n) is 0. The summed E-state index contributed by atoms with van der Waals surface area (Å²) in [5, 5.41) is 46.5. The predicted molar refractivity (Wildman–Crippen MR) is 39.0 cm³/mol. The summed E-state index contributed by atoms with van der Waals surface area (Å²) < 4.78 is 0. The van der Waals surface area contributed by atoms with Gasteiger partial charge in [0.15, 0.2) is 0 Å². The van der Waals surface area contributed by atoms with Crippen LogP contribution in [0.3, 0.4) is 0 Å². The molecule has 0 N–H and O–H groups in total. The van der Waals surface area contributed by atoms with Gasteiger partial charge in [-0.05, 0) is 0 Å². The molecule has 0 aromatic rings. The molecule has 0 aromatic heterocycles. The minimum absolute atomic E-state index is 0. The van der Waals surface area contributed by atoms with Gasteiger partial charge in [-0.15, -0.1) is 5.34 Å². The van der Waals surface area contributed by atoms with Crippen LogP contribution in [0.1, 0.15) is 0 Å². The summed E-state index contributed by atoms with van der Waals surface area (Å²) in [6, 6.07) is 0. The van der Waals surface area contributed by atoms with Crippen LogP contribution in [-0.2, 0) is 17.1 Å². The molecule has 0 atom stereocenters. The molecule has 0 spiro atoms. The van der Waals surface area contributed by atoms with E-state index >= 15 is 0 Å². The van der Waals surface area contributed by atoms with Crippen molar-refractivity contribution in [3.8, 4) is 0 Å². The van der Waals surface area contributed by atoms with Crippen molar-refractivity contribution in [3.05, 3.63) is 49.5 Å². The molecule has 0 fully saturated rings. The van der Waals surface area contributed by atoms with Gasteiger partial charge < -0.3 is 81.1 Å². The third kappa shape index (κ3) is 1970. The Balaban J connectivity index is -0.00000000425. The van der Waals surface area contributed by atoms with E-state index in [2.05, 4.69) is 0 Å². The zero-order chi connectivity index (χ0) is 14.7. The molecule has 1 radical (unpaired) electrons. The van der Waals surface area contributed by atoms with E-state index in [0.717, 1.165) is 5.34 Å². The van der Waals surface area contributed by atoms with Crippen LogP contribution in [0.4, 0.5) is 0 Å². The SMILES string of the molecule is O=N[O-].[C-]#N.[C-]#N.[C-]#N.[C-]#N.[C-]#N.[C-]#N.[Fe+3].[Li+].[Li+].[Li+]. The van der Waals surface area contributed by atoms with Gasteiger partial charge in [-0.1, -0.05) is 0 Å². The van der Waals surface area contributed by atoms with Crippen molar-refractivity contribution in [2.75, 3.05) is 0 Å². The zero-order valence-electron chi connectivity index (χ0n) is 10.3. The van der Waals surface area contributed by atoms with Crippen molar-refractivity contribution in [1.29, 1.82) is 31.6 Å². The maximum Gasteiger partial charge on any atom is 3.00 e. The van der Waals surface area contributed by atoms with Crippen LogP contribution in [-0.4, -0.2) is 0 Å². The first-order valence-electron chi connectivity index (χ1n) is 1.71. The molecule has 83 valence electrons. The van der Waals surface area contributed by atoms with E-state index in [-0.39, 0.29) is 73.7 Å². The second-order valence-electron chi connectivity index (χ2n) is 0.0745. The molecule has 0 amide bonds. The van der Waals surface area contributed by atoms with Crippen molar-refractivity contribution < 1.29 is 73.7 Å². The normalized spacial score (nSPS) is 1.26. The van der Waals surface area contributed by atoms with Gasteiger partial charge in [0.1, 0.15) is 0 Å². The molecule has 0 saturated heterocycles. The molecule has 9 nitrogen and oxygen atoms in total. The van der Waals surface area contributed by atoms with Crippen LogP contribution in [0.15, 0.2) is 5.34 Å². The molecule has 13 heteroatoms. The maximum atomic E-state index is 8.00. The van der Waals surface area contributed by atoms with Crippen LogP contribution < -0.4 is 56.6 Å². The molecule has 19 heavy (non-hydrogen) atoms. The number of hydrogen-bond donors (Lipinski definition) is 0. The first-order valence-corrected chi connectivity index (χ1v) is 1.71. The summed E-state index contributed by atoms with van der Waals surface area (Å²) in [4.78, 5) is 8.00. The molecule has 0 saturated carbocycles. The zero-order valence-corrected chi connectivity index (χ0v) is 11.4. The Kier molecular flexibility index (Phi) is 196000. The van der Waals surface area contributed by atoms with Gasteiger partial charge in [-0.3, -0.25) is 0 Å². The second kappa shape index (κ2) is 33600.